The molecule has 26 heavy (non-hydrogen) atoms. The van der Waals surface area contributed by atoms with Crippen molar-refractivity contribution in [1.29, 1.82) is 0 Å². The number of ether oxygens (including phenoxy) is 1. The first-order valence-corrected chi connectivity index (χ1v) is 9.37. The molecular weight excluding hydrogens is 332 g/mol. The van der Waals surface area contributed by atoms with Gasteiger partial charge >= 0.3 is 6.09 Å². The Labute approximate surface area is 156 Å². The van der Waals surface area contributed by atoms with Crippen molar-refractivity contribution < 1.29 is 14.3 Å². The Hall–Kier alpha value is -2.05. The highest BCUT2D eigenvalue weighted by Gasteiger charge is 2.39. The van der Waals surface area contributed by atoms with Gasteiger partial charge < -0.3 is 15.0 Å². The molecule has 2 amide bonds. The third-order valence-electron chi connectivity index (χ3n) is 4.67. The van der Waals surface area contributed by atoms with E-state index >= 15 is 0 Å². The number of nitrogens with one attached hydrogen (secondary N) is 1. The van der Waals surface area contributed by atoms with E-state index in [4.69, 9.17) is 4.74 Å². The fourth-order valence-corrected chi connectivity index (χ4v) is 3.34. The number of amides is 2. The normalized spacial score (nSPS) is 20.3. The van der Waals surface area contributed by atoms with Gasteiger partial charge in [-0.15, -0.1) is 0 Å². The number of nitrogens with zero attached hydrogens (tertiary/aromatic N) is 3. The minimum Gasteiger partial charge on any atom is -0.444 e. The zero-order valence-corrected chi connectivity index (χ0v) is 16.8. The number of rotatable bonds is 5. The van der Waals surface area contributed by atoms with Crippen LogP contribution in [0.2, 0.25) is 0 Å². The van der Waals surface area contributed by atoms with Gasteiger partial charge in [0.25, 0.3) is 0 Å². The highest BCUT2D eigenvalue weighted by Crippen LogP contribution is 2.26. The molecular formula is C19H32N4O3. The van der Waals surface area contributed by atoms with E-state index in [-0.39, 0.29) is 24.0 Å². The minimum absolute atomic E-state index is 0.0110. The molecule has 2 atom stereocenters. The Bertz CT molecular complexity index is 648. The maximum atomic E-state index is 12.5. The van der Waals surface area contributed by atoms with Gasteiger partial charge in [0.15, 0.2) is 0 Å². The van der Waals surface area contributed by atoms with Crippen LogP contribution in [-0.2, 0) is 16.1 Å². The van der Waals surface area contributed by atoms with Crippen LogP contribution in [0.5, 0.6) is 0 Å². The average molecular weight is 364 g/mol. The van der Waals surface area contributed by atoms with Gasteiger partial charge in [0, 0.05) is 31.4 Å². The van der Waals surface area contributed by atoms with Crippen molar-refractivity contribution in [3.8, 4) is 0 Å². The minimum atomic E-state index is -0.528. The van der Waals surface area contributed by atoms with Crippen LogP contribution in [0.3, 0.4) is 0 Å². The molecule has 0 aliphatic carbocycles. The van der Waals surface area contributed by atoms with Gasteiger partial charge in [-0.3, -0.25) is 9.48 Å². The molecule has 146 valence electrons. The number of hydrogen-bond acceptors (Lipinski definition) is 4. The first-order chi connectivity index (χ1) is 12.1. The molecule has 0 aromatic carbocycles. The van der Waals surface area contributed by atoms with E-state index in [1.54, 1.807) is 4.90 Å². The lowest BCUT2D eigenvalue weighted by Crippen LogP contribution is -2.43. The summed E-state index contributed by atoms with van der Waals surface area (Å²) in [4.78, 5) is 26.4. The van der Waals surface area contributed by atoms with Gasteiger partial charge in [-0.05, 0) is 60.5 Å². The van der Waals surface area contributed by atoms with Gasteiger partial charge in [-0.2, -0.15) is 5.10 Å². The molecule has 0 saturated carbocycles. The Morgan fingerprint density at radius 1 is 1.35 bits per heavy atom. The van der Waals surface area contributed by atoms with Gasteiger partial charge in [0.1, 0.15) is 5.60 Å². The van der Waals surface area contributed by atoms with Crippen LogP contribution in [0.1, 0.15) is 51.9 Å². The van der Waals surface area contributed by atoms with E-state index in [0.29, 0.717) is 19.5 Å². The summed E-state index contributed by atoms with van der Waals surface area (Å²) < 4.78 is 7.39. The van der Waals surface area contributed by atoms with E-state index in [9.17, 15) is 9.59 Å². The van der Waals surface area contributed by atoms with Crippen LogP contribution in [0, 0.1) is 19.8 Å². The molecule has 0 unspecified atom stereocenters. The summed E-state index contributed by atoms with van der Waals surface area (Å²) in [6.45, 7) is 13.4. The standard InChI is InChI=1S/C19H32N4O3/c1-13-12-14(2)23(21-13)10-7-9-20-17(24)16-8-11-22(15(16)3)18(25)26-19(4,5)6/h12,15-16H,7-11H2,1-6H3,(H,20,24)/t15-,16-/m1/s1. The monoisotopic (exact) mass is 364 g/mol. The van der Waals surface area contributed by atoms with Crippen LogP contribution in [0.25, 0.3) is 0 Å². The number of carbonyl (C=O) groups excluding carboxylic acids is 2. The van der Waals surface area contributed by atoms with E-state index in [2.05, 4.69) is 10.4 Å². The van der Waals surface area contributed by atoms with Crippen LogP contribution in [-0.4, -0.2) is 51.4 Å². The highest BCUT2D eigenvalue weighted by molar-refractivity contribution is 5.81. The van der Waals surface area contributed by atoms with Crippen molar-refractivity contribution in [2.45, 2.75) is 72.6 Å². The fourth-order valence-electron chi connectivity index (χ4n) is 3.34. The molecule has 1 aromatic rings. The quantitative estimate of drug-likeness (QED) is 0.815. The predicted octanol–water partition coefficient (Wildman–Crippen LogP) is 2.65. The molecule has 2 heterocycles. The van der Waals surface area contributed by atoms with Crippen molar-refractivity contribution in [3.05, 3.63) is 17.5 Å². The van der Waals surface area contributed by atoms with E-state index in [0.717, 1.165) is 24.4 Å². The lowest BCUT2D eigenvalue weighted by molar-refractivity contribution is -0.125. The largest absolute Gasteiger partial charge is 0.444 e. The molecule has 0 bridgehead atoms. The highest BCUT2D eigenvalue weighted by atomic mass is 16.6. The molecule has 0 spiro atoms. The summed E-state index contributed by atoms with van der Waals surface area (Å²) in [5.41, 5.74) is 1.61. The smallest absolute Gasteiger partial charge is 0.410 e. The Morgan fingerprint density at radius 2 is 2.04 bits per heavy atom. The topological polar surface area (TPSA) is 76.5 Å². The van der Waals surface area contributed by atoms with Gasteiger partial charge in [-0.25, -0.2) is 4.79 Å². The lowest BCUT2D eigenvalue weighted by atomic mass is 10.0. The van der Waals surface area contributed by atoms with Crippen molar-refractivity contribution in [3.63, 3.8) is 0 Å². The van der Waals surface area contributed by atoms with Crippen LogP contribution < -0.4 is 5.32 Å². The Morgan fingerprint density at radius 3 is 2.62 bits per heavy atom. The van der Waals surface area contributed by atoms with E-state index in [1.807, 2.05) is 52.3 Å². The molecule has 1 fully saturated rings. The van der Waals surface area contributed by atoms with Gasteiger partial charge in [0.05, 0.1) is 11.6 Å². The summed E-state index contributed by atoms with van der Waals surface area (Å²) in [6, 6.07) is 1.89. The molecule has 7 nitrogen and oxygen atoms in total. The second kappa shape index (κ2) is 8.10. The number of hydrogen-bond donors (Lipinski definition) is 1. The molecule has 0 radical (unpaired) electrons. The molecule has 7 heteroatoms. The van der Waals surface area contributed by atoms with Crippen LogP contribution in [0.4, 0.5) is 4.79 Å². The maximum absolute atomic E-state index is 12.5. The second-order valence-electron chi connectivity index (χ2n) is 8.10. The number of aromatic nitrogens is 2. The molecule has 2 rings (SSSR count). The Kier molecular flexibility index (Phi) is 6.31. The van der Waals surface area contributed by atoms with Crippen molar-refractivity contribution in [2.24, 2.45) is 5.92 Å². The summed E-state index contributed by atoms with van der Waals surface area (Å²) in [5, 5.41) is 7.42. The second-order valence-corrected chi connectivity index (χ2v) is 8.10. The lowest BCUT2D eigenvalue weighted by Gasteiger charge is -2.28. The SMILES string of the molecule is Cc1cc(C)n(CCCNC(=O)[C@@H]2CCN(C(=O)OC(C)(C)C)[C@@H]2C)n1. The predicted molar refractivity (Wildman–Crippen MR) is 99.8 cm³/mol. The first-order valence-electron chi connectivity index (χ1n) is 9.37. The van der Waals surface area contributed by atoms with Crippen molar-refractivity contribution in [1.82, 2.24) is 20.0 Å². The first kappa shape index (κ1) is 20.3. The molecule has 1 aliphatic heterocycles. The number of likely N-dealkylation sites (tertiary alicyclic amines) is 1. The summed E-state index contributed by atoms with van der Waals surface area (Å²) in [6.07, 6.45) is 1.15. The van der Waals surface area contributed by atoms with Gasteiger partial charge in [-0.1, -0.05) is 0 Å². The third kappa shape index (κ3) is 5.22. The van der Waals surface area contributed by atoms with Crippen LogP contribution >= 0.6 is 0 Å². The fraction of sp³-hybridized carbons (Fsp3) is 0.737. The van der Waals surface area contributed by atoms with Gasteiger partial charge in [0.2, 0.25) is 5.91 Å². The summed E-state index contributed by atoms with van der Waals surface area (Å²) in [5.74, 6) is -0.173. The summed E-state index contributed by atoms with van der Waals surface area (Å²) in [7, 11) is 0. The average Bonchev–Trinajstić information content (AvgIpc) is 3.04. The molecule has 1 N–H and O–H groups in total. The molecule has 1 aromatic heterocycles. The van der Waals surface area contributed by atoms with E-state index in [1.165, 1.54) is 0 Å². The molecule has 1 saturated heterocycles. The zero-order chi connectivity index (χ0) is 19.5. The maximum Gasteiger partial charge on any atom is 0.410 e. The zero-order valence-electron chi connectivity index (χ0n) is 16.8. The molecule has 1 aliphatic rings. The number of aryl methyl sites for hydroxylation is 3. The third-order valence-corrected chi connectivity index (χ3v) is 4.67. The number of carbonyl (C=O) groups is 2. The van der Waals surface area contributed by atoms with Crippen LogP contribution in [0.15, 0.2) is 6.07 Å². The summed E-state index contributed by atoms with van der Waals surface area (Å²) >= 11 is 0. The van der Waals surface area contributed by atoms with E-state index < -0.39 is 5.60 Å². The van der Waals surface area contributed by atoms with Crippen molar-refractivity contribution in [2.75, 3.05) is 13.1 Å². The Balaban J connectivity index is 1.77. The van der Waals surface area contributed by atoms with Crippen molar-refractivity contribution >= 4 is 12.0 Å².